The molecule has 0 saturated carbocycles. The van der Waals surface area contributed by atoms with Crippen molar-refractivity contribution in [2.75, 3.05) is 18.4 Å². The Balaban J connectivity index is 1.69. The van der Waals surface area contributed by atoms with Crippen LogP contribution in [0.1, 0.15) is 18.4 Å². The van der Waals surface area contributed by atoms with Gasteiger partial charge in [-0.1, -0.05) is 28.1 Å². The van der Waals surface area contributed by atoms with Crippen molar-refractivity contribution in [2.45, 2.75) is 24.7 Å². The van der Waals surface area contributed by atoms with Gasteiger partial charge < -0.3 is 5.32 Å². The van der Waals surface area contributed by atoms with Gasteiger partial charge in [-0.15, -0.1) is 0 Å². The van der Waals surface area contributed by atoms with Crippen molar-refractivity contribution in [3.63, 3.8) is 0 Å². The van der Waals surface area contributed by atoms with Crippen LogP contribution in [0.5, 0.6) is 0 Å². The van der Waals surface area contributed by atoms with Gasteiger partial charge in [0.2, 0.25) is 15.9 Å². The topological polar surface area (TPSA) is 110 Å². The molecule has 10 heteroatoms. The summed E-state index contributed by atoms with van der Waals surface area (Å²) in [5.41, 5.74) is 0.856. The second-order valence-corrected chi connectivity index (χ2v) is 9.71. The molecule has 0 atom stereocenters. The van der Waals surface area contributed by atoms with Crippen LogP contribution in [0.4, 0.5) is 11.4 Å². The number of nitro benzene ring substituents is 1. The first-order valence-corrected chi connectivity index (χ1v) is 11.2. The molecule has 3 rings (SSSR count). The number of nitrogens with zero attached hydrogens (tertiary/aromatic N) is 2. The maximum atomic E-state index is 13.0. The Bertz CT molecular complexity index is 1050. The molecule has 154 valence electrons. The predicted octanol–water partition coefficient (Wildman–Crippen LogP) is 3.71. The van der Waals surface area contributed by atoms with Crippen LogP contribution in [0.3, 0.4) is 0 Å². The van der Waals surface area contributed by atoms with Gasteiger partial charge in [0.25, 0.3) is 5.69 Å². The van der Waals surface area contributed by atoms with Crippen molar-refractivity contribution in [2.24, 2.45) is 5.92 Å². The third-order valence-corrected chi connectivity index (χ3v) is 7.45. The number of nitro groups is 1. The highest BCUT2D eigenvalue weighted by Gasteiger charge is 2.33. The summed E-state index contributed by atoms with van der Waals surface area (Å²) in [5.74, 6) is -0.446. The number of non-ortho nitro benzene ring substituents is 1. The number of anilines is 1. The number of amides is 1. The van der Waals surface area contributed by atoms with E-state index in [1.165, 1.54) is 16.4 Å². The molecule has 0 bridgehead atoms. The van der Waals surface area contributed by atoms with E-state index in [4.69, 9.17) is 0 Å². The van der Waals surface area contributed by atoms with Gasteiger partial charge in [0.1, 0.15) is 0 Å². The normalized spacial score (nSPS) is 15.8. The van der Waals surface area contributed by atoms with E-state index < -0.39 is 14.9 Å². The summed E-state index contributed by atoms with van der Waals surface area (Å²) in [6.07, 6.45) is 0.764. The summed E-state index contributed by atoms with van der Waals surface area (Å²) >= 11 is 3.35. The maximum Gasteiger partial charge on any atom is 0.270 e. The first-order valence-electron chi connectivity index (χ1n) is 9.00. The molecule has 8 nitrogen and oxygen atoms in total. The van der Waals surface area contributed by atoms with Crippen LogP contribution in [0.2, 0.25) is 0 Å². The van der Waals surface area contributed by atoms with Gasteiger partial charge in [-0.3, -0.25) is 14.9 Å². The molecule has 0 aliphatic carbocycles. The Kier molecular flexibility index (Phi) is 6.35. The first kappa shape index (κ1) is 21.4. The first-order chi connectivity index (χ1) is 13.7. The number of carbonyl (C=O) groups excluding carboxylic acids is 1. The fraction of sp³-hybridized carbons (Fsp3) is 0.316. The van der Waals surface area contributed by atoms with E-state index in [1.807, 2.05) is 12.1 Å². The standard InChI is InChI=1S/C19H20BrN3O5S/c1-13-5-6-17(23(25)26)12-18(13)29(27,28)22-9-7-14(8-10-22)19(24)21-16-4-2-3-15(20)11-16/h2-6,11-12,14H,7-10H2,1H3,(H,21,24). The summed E-state index contributed by atoms with van der Waals surface area (Å²) in [4.78, 5) is 22.8. The third-order valence-electron chi connectivity index (χ3n) is 4.92. The number of piperidine rings is 1. The Morgan fingerprint density at radius 1 is 1.21 bits per heavy atom. The lowest BCUT2D eigenvalue weighted by molar-refractivity contribution is -0.385. The Hall–Kier alpha value is -2.30. The quantitative estimate of drug-likeness (QED) is 0.516. The number of hydrogen-bond donors (Lipinski definition) is 1. The summed E-state index contributed by atoms with van der Waals surface area (Å²) in [5, 5.41) is 13.9. The van der Waals surface area contributed by atoms with Gasteiger partial charge in [-0.25, -0.2) is 8.42 Å². The molecule has 1 heterocycles. The second-order valence-electron chi connectivity index (χ2n) is 6.88. The van der Waals surface area contributed by atoms with Crippen LogP contribution >= 0.6 is 15.9 Å². The number of nitrogens with one attached hydrogen (secondary N) is 1. The fourth-order valence-corrected chi connectivity index (χ4v) is 5.40. The van der Waals surface area contributed by atoms with Crippen LogP contribution in [0, 0.1) is 23.0 Å². The van der Waals surface area contributed by atoms with Gasteiger partial charge in [-0.05, 0) is 43.5 Å². The van der Waals surface area contributed by atoms with Crippen molar-refractivity contribution in [3.8, 4) is 0 Å². The zero-order valence-electron chi connectivity index (χ0n) is 15.7. The van der Waals surface area contributed by atoms with Gasteiger partial charge in [0.15, 0.2) is 0 Å². The second kappa shape index (κ2) is 8.60. The lowest BCUT2D eigenvalue weighted by atomic mass is 9.97. The van der Waals surface area contributed by atoms with E-state index in [9.17, 15) is 23.3 Å². The zero-order valence-corrected chi connectivity index (χ0v) is 18.1. The van der Waals surface area contributed by atoms with Crippen LogP contribution in [-0.4, -0.2) is 36.6 Å². The average Bonchev–Trinajstić information content (AvgIpc) is 2.68. The summed E-state index contributed by atoms with van der Waals surface area (Å²) in [7, 11) is -3.87. The average molecular weight is 482 g/mol. The highest BCUT2D eigenvalue weighted by atomic mass is 79.9. The van der Waals surface area contributed by atoms with E-state index in [-0.39, 0.29) is 35.5 Å². The molecule has 1 aliphatic heterocycles. The van der Waals surface area contributed by atoms with Crippen molar-refractivity contribution >= 4 is 43.2 Å². The number of hydrogen-bond acceptors (Lipinski definition) is 5. The molecule has 0 spiro atoms. The minimum Gasteiger partial charge on any atom is -0.326 e. The van der Waals surface area contributed by atoms with Crippen LogP contribution < -0.4 is 5.32 Å². The minimum atomic E-state index is -3.87. The van der Waals surface area contributed by atoms with Gasteiger partial charge >= 0.3 is 0 Å². The Morgan fingerprint density at radius 2 is 1.90 bits per heavy atom. The van der Waals surface area contributed by atoms with Gasteiger partial charge in [0, 0.05) is 41.3 Å². The van der Waals surface area contributed by atoms with Crippen LogP contribution in [0.25, 0.3) is 0 Å². The van der Waals surface area contributed by atoms with E-state index in [1.54, 1.807) is 19.1 Å². The molecule has 1 N–H and O–H groups in total. The number of benzene rings is 2. The number of rotatable bonds is 5. The smallest absolute Gasteiger partial charge is 0.270 e. The van der Waals surface area contributed by atoms with E-state index in [2.05, 4.69) is 21.2 Å². The maximum absolute atomic E-state index is 13.0. The SMILES string of the molecule is Cc1ccc([N+](=O)[O-])cc1S(=O)(=O)N1CCC(C(=O)Nc2cccc(Br)c2)CC1. The molecule has 1 fully saturated rings. The van der Waals surface area contributed by atoms with Gasteiger partial charge in [0.05, 0.1) is 9.82 Å². The largest absolute Gasteiger partial charge is 0.326 e. The van der Waals surface area contributed by atoms with E-state index in [0.717, 1.165) is 10.5 Å². The Labute approximate surface area is 177 Å². The number of carbonyl (C=O) groups is 1. The summed E-state index contributed by atoms with van der Waals surface area (Å²) in [6, 6.07) is 11.1. The van der Waals surface area contributed by atoms with Gasteiger partial charge in [-0.2, -0.15) is 4.31 Å². The molecule has 0 radical (unpaired) electrons. The number of sulfonamides is 1. The minimum absolute atomic E-state index is 0.0660. The van der Waals surface area contributed by atoms with E-state index in [0.29, 0.717) is 24.1 Å². The third kappa shape index (κ3) is 4.82. The highest BCUT2D eigenvalue weighted by Crippen LogP contribution is 2.29. The molecule has 2 aromatic rings. The lowest BCUT2D eigenvalue weighted by Gasteiger charge is -2.30. The van der Waals surface area contributed by atoms with Crippen molar-refractivity contribution in [1.29, 1.82) is 0 Å². The fourth-order valence-electron chi connectivity index (χ4n) is 3.29. The van der Waals surface area contributed by atoms with Crippen molar-refractivity contribution < 1.29 is 18.1 Å². The molecule has 1 aliphatic rings. The van der Waals surface area contributed by atoms with Crippen molar-refractivity contribution in [1.82, 2.24) is 4.31 Å². The molecule has 2 aromatic carbocycles. The zero-order chi connectivity index (χ0) is 21.2. The monoisotopic (exact) mass is 481 g/mol. The molecule has 0 aromatic heterocycles. The van der Waals surface area contributed by atoms with Crippen molar-refractivity contribution in [3.05, 3.63) is 62.6 Å². The molecule has 0 unspecified atom stereocenters. The van der Waals surface area contributed by atoms with E-state index >= 15 is 0 Å². The lowest BCUT2D eigenvalue weighted by Crippen LogP contribution is -2.41. The molecule has 29 heavy (non-hydrogen) atoms. The summed E-state index contributed by atoms with van der Waals surface area (Å²) in [6.45, 7) is 1.97. The molecule has 1 saturated heterocycles. The summed E-state index contributed by atoms with van der Waals surface area (Å²) < 4.78 is 28.1. The Morgan fingerprint density at radius 3 is 2.52 bits per heavy atom. The predicted molar refractivity (Wildman–Crippen MR) is 112 cm³/mol. The van der Waals surface area contributed by atoms with Crippen LogP contribution in [-0.2, 0) is 14.8 Å². The molecule has 1 amide bonds. The number of halogens is 1. The number of aryl methyl sites for hydroxylation is 1. The molecular weight excluding hydrogens is 462 g/mol. The van der Waals surface area contributed by atoms with Crippen LogP contribution in [0.15, 0.2) is 51.8 Å². The highest BCUT2D eigenvalue weighted by molar-refractivity contribution is 9.10. The molecular formula is C19H20BrN3O5S.